The third-order valence-corrected chi connectivity index (χ3v) is 11.6. The summed E-state index contributed by atoms with van der Waals surface area (Å²) in [5.74, 6) is 3.55. The molecular formula is C56H41N7. The van der Waals surface area contributed by atoms with Gasteiger partial charge in [-0.05, 0) is 45.4 Å². The Morgan fingerprint density at radius 3 is 1.73 bits per heavy atom. The Labute approximate surface area is 367 Å². The smallest absolute Gasteiger partial charge is 0.164 e. The maximum Gasteiger partial charge on any atom is 0.164 e. The molecule has 1 aromatic heterocycles. The lowest BCUT2D eigenvalue weighted by molar-refractivity contribution is 0.600. The molecule has 7 heteroatoms. The zero-order valence-corrected chi connectivity index (χ0v) is 34.5. The second-order valence-corrected chi connectivity index (χ2v) is 15.6. The summed E-state index contributed by atoms with van der Waals surface area (Å²) in [6, 6.07) is 63.7. The van der Waals surface area contributed by atoms with Gasteiger partial charge in [-0.25, -0.2) is 24.9 Å². The number of hydrogen-bond acceptors (Lipinski definition) is 7. The number of rotatable bonds is 9. The van der Waals surface area contributed by atoms with Gasteiger partial charge >= 0.3 is 0 Å². The average molecular weight is 812 g/mol. The third kappa shape index (κ3) is 7.90. The molecule has 2 aliphatic rings. The molecule has 2 heterocycles. The van der Waals surface area contributed by atoms with Crippen LogP contribution in [0.4, 0.5) is 0 Å². The highest BCUT2D eigenvalue weighted by Crippen LogP contribution is 2.40. The maximum atomic E-state index is 10.8. The predicted molar refractivity (Wildman–Crippen MR) is 254 cm³/mol. The molecule has 300 valence electrons. The van der Waals surface area contributed by atoms with Gasteiger partial charge in [0.1, 0.15) is 17.8 Å². The highest BCUT2D eigenvalue weighted by molar-refractivity contribution is 6.15. The first-order valence-corrected chi connectivity index (χ1v) is 21.1. The third-order valence-electron chi connectivity index (χ3n) is 11.6. The largest absolute Gasteiger partial charge is 0.344 e. The van der Waals surface area contributed by atoms with E-state index in [1.807, 2.05) is 140 Å². The van der Waals surface area contributed by atoms with Crippen LogP contribution in [-0.2, 0) is 0 Å². The van der Waals surface area contributed by atoms with Crippen molar-refractivity contribution >= 4 is 11.7 Å². The summed E-state index contributed by atoms with van der Waals surface area (Å²) in [4.78, 5) is 25.6. The van der Waals surface area contributed by atoms with E-state index in [0.29, 0.717) is 23.0 Å². The molecule has 1 aliphatic carbocycles. The molecule has 63 heavy (non-hydrogen) atoms. The molecule has 0 spiro atoms. The van der Waals surface area contributed by atoms with Crippen molar-refractivity contribution in [3.8, 4) is 62.2 Å². The van der Waals surface area contributed by atoms with Crippen LogP contribution in [0.2, 0.25) is 0 Å². The molecule has 8 aromatic rings. The summed E-state index contributed by atoms with van der Waals surface area (Å²) in [6.07, 6.45) is 8.16. The first kappa shape index (κ1) is 38.8. The van der Waals surface area contributed by atoms with Gasteiger partial charge in [0.25, 0.3) is 0 Å². The second kappa shape index (κ2) is 17.3. The molecule has 7 aromatic carbocycles. The normalized spacial score (nSPS) is 16.7. The Morgan fingerprint density at radius 2 is 1.05 bits per heavy atom. The van der Waals surface area contributed by atoms with E-state index in [4.69, 9.17) is 24.9 Å². The van der Waals surface area contributed by atoms with Crippen LogP contribution in [0.3, 0.4) is 0 Å². The van der Waals surface area contributed by atoms with Crippen LogP contribution in [0, 0.1) is 17.2 Å². The fourth-order valence-corrected chi connectivity index (χ4v) is 8.37. The van der Waals surface area contributed by atoms with Crippen molar-refractivity contribution in [3.63, 3.8) is 0 Å². The van der Waals surface area contributed by atoms with Crippen LogP contribution in [-0.4, -0.2) is 26.6 Å². The number of amidine groups is 2. The first-order valence-electron chi connectivity index (χ1n) is 21.1. The number of nitrogens with zero attached hydrogens (tertiary/aromatic N) is 6. The van der Waals surface area contributed by atoms with E-state index in [-0.39, 0.29) is 18.0 Å². The van der Waals surface area contributed by atoms with Crippen molar-refractivity contribution in [2.45, 2.75) is 19.0 Å². The van der Waals surface area contributed by atoms with Gasteiger partial charge in [0.05, 0.1) is 11.6 Å². The lowest BCUT2D eigenvalue weighted by Crippen LogP contribution is -2.33. The highest BCUT2D eigenvalue weighted by Gasteiger charge is 2.25. The molecule has 0 saturated heterocycles. The molecule has 0 amide bonds. The van der Waals surface area contributed by atoms with Gasteiger partial charge in [-0.1, -0.05) is 207 Å². The Balaban J connectivity index is 1.06. The van der Waals surface area contributed by atoms with Gasteiger partial charge in [-0.3, -0.25) is 0 Å². The van der Waals surface area contributed by atoms with E-state index in [1.54, 1.807) is 0 Å². The number of nitrogens with one attached hydrogen (secondary N) is 1. The van der Waals surface area contributed by atoms with Crippen LogP contribution in [0.5, 0.6) is 0 Å². The zero-order valence-electron chi connectivity index (χ0n) is 34.5. The minimum atomic E-state index is -0.349. The standard InChI is InChI=1S/C56H41N7/c1-37-19-11-12-26-43(37)54-59-53(40-24-9-4-10-25-40)62-56(63-54)50-32-18-16-30-48(50)46-28-14-13-27-44(46)41-33-34-45(42(35-41)36-57)47-29-15-17-31-49(47)55-60-51(38-20-5-2-6-21-38)58-52(61-55)39-22-7-3-8-23-39/h2-35,37,43,51H,1H3,(H,58,60,61). The summed E-state index contributed by atoms with van der Waals surface area (Å²) < 4.78 is 0. The van der Waals surface area contributed by atoms with Crippen LogP contribution in [0.1, 0.15) is 47.1 Å². The molecule has 1 aliphatic heterocycles. The van der Waals surface area contributed by atoms with Crippen molar-refractivity contribution in [3.05, 3.63) is 234 Å². The van der Waals surface area contributed by atoms with Crippen molar-refractivity contribution in [2.75, 3.05) is 0 Å². The minimum absolute atomic E-state index is 0.0107. The van der Waals surface area contributed by atoms with E-state index >= 15 is 0 Å². The number of allylic oxidation sites excluding steroid dienone is 4. The average Bonchev–Trinajstić information content (AvgIpc) is 3.37. The van der Waals surface area contributed by atoms with Crippen LogP contribution < -0.4 is 5.32 Å². The van der Waals surface area contributed by atoms with Gasteiger partial charge in [-0.2, -0.15) is 5.26 Å². The maximum absolute atomic E-state index is 10.8. The zero-order chi connectivity index (χ0) is 42.5. The molecule has 0 bridgehead atoms. The molecule has 0 radical (unpaired) electrons. The van der Waals surface area contributed by atoms with Crippen LogP contribution >= 0.6 is 0 Å². The fourth-order valence-electron chi connectivity index (χ4n) is 8.37. The number of benzene rings is 7. The lowest BCUT2D eigenvalue weighted by Gasteiger charge is -2.24. The van der Waals surface area contributed by atoms with E-state index in [1.165, 1.54) is 0 Å². The Bertz CT molecular complexity index is 3130. The number of aromatic nitrogens is 3. The molecule has 0 saturated carbocycles. The summed E-state index contributed by atoms with van der Waals surface area (Å²) in [5, 5.41) is 14.4. The van der Waals surface area contributed by atoms with Gasteiger partial charge < -0.3 is 5.32 Å². The molecule has 3 atom stereocenters. The topological polar surface area (TPSA) is 99.2 Å². The summed E-state index contributed by atoms with van der Waals surface area (Å²) in [6.45, 7) is 2.19. The first-order chi connectivity index (χ1) is 31.1. The van der Waals surface area contributed by atoms with Crippen molar-refractivity contribution in [1.82, 2.24) is 20.3 Å². The monoisotopic (exact) mass is 811 g/mol. The second-order valence-electron chi connectivity index (χ2n) is 15.6. The highest BCUT2D eigenvalue weighted by atomic mass is 15.2. The van der Waals surface area contributed by atoms with E-state index in [0.717, 1.165) is 72.9 Å². The van der Waals surface area contributed by atoms with Gasteiger partial charge in [0.2, 0.25) is 0 Å². The SMILES string of the molecule is CC1C=CC=CC1c1nc(-c2ccccc2)nc(-c2ccccc2-c2ccccc2-c2ccc(-c3ccccc3C3=NC(c4ccccc4)NC(c4ccccc4)=N3)c(C#N)c2)n1. The molecular weight excluding hydrogens is 771 g/mol. The predicted octanol–water partition coefficient (Wildman–Crippen LogP) is 12.4. The number of aliphatic imine (C=N–C) groups is 2. The number of nitriles is 1. The number of hydrogen-bond donors (Lipinski definition) is 1. The molecule has 0 fully saturated rings. The van der Waals surface area contributed by atoms with Crippen LogP contribution in [0.25, 0.3) is 56.2 Å². The van der Waals surface area contributed by atoms with Gasteiger partial charge in [0.15, 0.2) is 17.5 Å². The van der Waals surface area contributed by atoms with Gasteiger partial charge in [-0.15, -0.1) is 0 Å². The molecule has 3 unspecified atom stereocenters. The quantitative estimate of drug-likeness (QED) is 0.156. The Hall–Kier alpha value is -8.34. The summed E-state index contributed by atoms with van der Waals surface area (Å²) >= 11 is 0. The van der Waals surface area contributed by atoms with Crippen molar-refractivity contribution in [2.24, 2.45) is 15.9 Å². The van der Waals surface area contributed by atoms with Crippen LogP contribution in [0.15, 0.2) is 216 Å². The summed E-state index contributed by atoms with van der Waals surface area (Å²) in [5.41, 5.74) is 10.8. The van der Waals surface area contributed by atoms with E-state index < -0.39 is 0 Å². The lowest BCUT2D eigenvalue weighted by atomic mass is 9.88. The Kier molecular flexibility index (Phi) is 10.7. The molecule has 1 N–H and O–H groups in total. The van der Waals surface area contributed by atoms with Crippen molar-refractivity contribution in [1.29, 1.82) is 5.26 Å². The van der Waals surface area contributed by atoms with Gasteiger partial charge in [0, 0.05) is 33.7 Å². The fraction of sp³-hybridized carbons (Fsp3) is 0.0714. The molecule has 7 nitrogen and oxygen atoms in total. The van der Waals surface area contributed by atoms with E-state index in [2.05, 4.69) is 85.1 Å². The minimum Gasteiger partial charge on any atom is -0.344 e. The molecule has 10 rings (SSSR count). The summed E-state index contributed by atoms with van der Waals surface area (Å²) in [7, 11) is 0. The van der Waals surface area contributed by atoms with E-state index in [9.17, 15) is 5.26 Å². The Morgan fingerprint density at radius 1 is 0.492 bits per heavy atom. The van der Waals surface area contributed by atoms with Crippen molar-refractivity contribution < 1.29 is 0 Å².